The van der Waals surface area contributed by atoms with Crippen molar-refractivity contribution in [1.29, 1.82) is 0 Å². The molecule has 0 saturated heterocycles. The van der Waals surface area contributed by atoms with E-state index in [9.17, 15) is 0 Å². The highest BCUT2D eigenvalue weighted by molar-refractivity contribution is 5.57. The first-order chi connectivity index (χ1) is 17.8. The molecule has 0 spiro atoms. The first kappa shape index (κ1) is 26.3. The lowest BCUT2D eigenvalue weighted by Gasteiger charge is -2.32. The Morgan fingerprint density at radius 3 is 1.86 bits per heavy atom. The fourth-order valence-electron chi connectivity index (χ4n) is 8.08. The standard InChI is InChI=1S/C37H48/c1-24-14-13-19-32(20-24)37(34-23-33(25(2)21-26(34)3)30-15-9-7-10-16-30)36-28(5)22-27(4)35(29(36)6)31-17-11-8-12-18-31/h13-14,19-23,30-31,37H,7-12,15-18H2,1-6H3. The Bertz CT molecular complexity index is 1250. The monoisotopic (exact) mass is 492 g/mol. The van der Waals surface area contributed by atoms with Gasteiger partial charge in [-0.05, 0) is 135 Å². The predicted octanol–water partition coefficient (Wildman–Crippen LogP) is 10.8. The predicted molar refractivity (Wildman–Crippen MR) is 160 cm³/mol. The van der Waals surface area contributed by atoms with E-state index in [-0.39, 0.29) is 5.92 Å². The Kier molecular flexibility index (Phi) is 7.94. The van der Waals surface area contributed by atoms with Crippen molar-refractivity contribution < 1.29 is 0 Å². The van der Waals surface area contributed by atoms with Crippen molar-refractivity contribution in [2.75, 3.05) is 0 Å². The molecule has 2 aliphatic carbocycles. The molecule has 0 heterocycles. The van der Waals surface area contributed by atoms with Gasteiger partial charge in [0.25, 0.3) is 0 Å². The molecule has 37 heavy (non-hydrogen) atoms. The molecule has 1 unspecified atom stereocenters. The van der Waals surface area contributed by atoms with Crippen molar-refractivity contribution in [2.45, 2.75) is 124 Å². The normalized spacial score (nSPS) is 18.2. The van der Waals surface area contributed by atoms with Gasteiger partial charge in [-0.25, -0.2) is 0 Å². The first-order valence-electron chi connectivity index (χ1n) is 15.1. The highest BCUT2D eigenvalue weighted by Crippen LogP contribution is 2.45. The molecule has 2 saturated carbocycles. The van der Waals surface area contributed by atoms with E-state index in [0.29, 0.717) is 0 Å². The zero-order chi connectivity index (χ0) is 26.1. The summed E-state index contributed by atoms with van der Waals surface area (Å²) in [7, 11) is 0. The summed E-state index contributed by atoms with van der Waals surface area (Å²) in [4.78, 5) is 0. The molecule has 0 amide bonds. The van der Waals surface area contributed by atoms with Crippen molar-refractivity contribution >= 4 is 0 Å². The van der Waals surface area contributed by atoms with E-state index in [0.717, 1.165) is 11.8 Å². The fraction of sp³-hybridized carbons (Fsp3) is 0.514. The summed E-state index contributed by atoms with van der Waals surface area (Å²) < 4.78 is 0. The number of benzene rings is 3. The molecular formula is C37H48. The highest BCUT2D eigenvalue weighted by Gasteiger charge is 2.29. The van der Waals surface area contributed by atoms with E-state index in [1.165, 1.54) is 103 Å². The van der Waals surface area contributed by atoms with Gasteiger partial charge in [0.15, 0.2) is 0 Å². The molecule has 0 N–H and O–H groups in total. The van der Waals surface area contributed by atoms with Crippen molar-refractivity contribution in [3.8, 4) is 0 Å². The van der Waals surface area contributed by atoms with Gasteiger partial charge in [-0.15, -0.1) is 0 Å². The van der Waals surface area contributed by atoms with Gasteiger partial charge in [-0.3, -0.25) is 0 Å². The lowest BCUT2D eigenvalue weighted by Crippen LogP contribution is -2.16. The third kappa shape index (κ3) is 5.32. The van der Waals surface area contributed by atoms with Crippen LogP contribution in [0.4, 0.5) is 0 Å². The summed E-state index contributed by atoms with van der Waals surface area (Å²) in [5.41, 5.74) is 16.7. The van der Waals surface area contributed by atoms with E-state index in [1.54, 1.807) is 22.3 Å². The summed E-state index contributed by atoms with van der Waals surface area (Å²) in [5, 5.41) is 0. The lowest BCUT2D eigenvalue weighted by atomic mass is 9.72. The topological polar surface area (TPSA) is 0 Å². The maximum Gasteiger partial charge on any atom is 0.0348 e. The van der Waals surface area contributed by atoms with Crippen LogP contribution in [-0.4, -0.2) is 0 Å². The minimum Gasteiger partial charge on any atom is -0.0617 e. The van der Waals surface area contributed by atoms with Gasteiger partial charge < -0.3 is 0 Å². The minimum atomic E-state index is 0.283. The SMILES string of the molecule is Cc1cccc(C(c2cc(C3CCCCC3)c(C)cc2C)c2c(C)cc(C)c(C3CCCCC3)c2C)c1. The Hall–Kier alpha value is -2.34. The third-order valence-corrected chi connectivity index (χ3v) is 9.78. The van der Waals surface area contributed by atoms with Gasteiger partial charge in [-0.1, -0.05) is 86.6 Å². The van der Waals surface area contributed by atoms with Gasteiger partial charge in [0.05, 0.1) is 0 Å². The smallest absolute Gasteiger partial charge is 0.0348 e. The van der Waals surface area contributed by atoms with Gasteiger partial charge in [0.2, 0.25) is 0 Å². The molecule has 2 fully saturated rings. The average molecular weight is 493 g/mol. The maximum atomic E-state index is 2.65. The van der Waals surface area contributed by atoms with Crippen molar-refractivity contribution in [3.63, 3.8) is 0 Å². The Morgan fingerprint density at radius 1 is 0.595 bits per heavy atom. The number of hydrogen-bond acceptors (Lipinski definition) is 0. The van der Waals surface area contributed by atoms with Crippen LogP contribution in [-0.2, 0) is 0 Å². The third-order valence-electron chi connectivity index (χ3n) is 9.78. The number of aryl methyl sites for hydroxylation is 5. The van der Waals surface area contributed by atoms with Crippen LogP contribution < -0.4 is 0 Å². The second-order valence-corrected chi connectivity index (χ2v) is 12.5. The van der Waals surface area contributed by atoms with Gasteiger partial charge in [-0.2, -0.15) is 0 Å². The molecule has 5 rings (SSSR count). The number of hydrogen-bond donors (Lipinski definition) is 0. The van der Waals surface area contributed by atoms with Gasteiger partial charge >= 0.3 is 0 Å². The molecule has 1 atom stereocenters. The zero-order valence-electron chi connectivity index (χ0n) is 24.3. The molecular weight excluding hydrogens is 444 g/mol. The number of rotatable bonds is 5. The first-order valence-corrected chi connectivity index (χ1v) is 15.1. The molecule has 2 aliphatic rings. The van der Waals surface area contributed by atoms with Crippen LogP contribution in [0.5, 0.6) is 0 Å². The summed E-state index contributed by atoms with van der Waals surface area (Å²) in [5.74, 6) is 1.73. The zero-order valence-corrected chi connectivity index (χ0v) is 24.3. The van der Waals surface area contributed by atoms with E-state index in [4.69, 9.17) is 0 Å². The van der Waals surface area contributed by atoms with Gasteiger partial charge in [0, 0.05) is 5.92 Å². The highest BCUT2D eigenvalue weighted by atomic mass is 14.3. The van der Waals surface area contributed by atoms with Crippen LogP contribution >= 0.6 is 0 Å². The second-order valence-electron chi connectivity index (χ2n) is 12.5. The van der Waals surface area contributed by atoms with E-state index >= 15 is 0 Å². The summed E-state index contributed by atoms with van der Waals surface area (Å²) in [6.07, 6.45) is 13.8. The molecule has 3 aromatic rings. The summed E-state index contributed by atoms with van der Waals surface area (Å²) in [6, 6.07) is 17.0. The molecule has 0 radical (unpaired) electrons. The Labute approximate surface area is 226 Å². The van der Waals surface area contributed by atoms with Crippen LogP contribution in [0.3, 0.4) is 0 Å². The molecule has 0 aromatic heterocycles. The van der Waals surface area contributed by atoms with E-state index in [1.807, 2.05) is 0 Å². The minimum absolute atomic E-state index is 0.283. The summed E-state index contributed by atoms with van der Waals surface area (Å²) >= 11 is 0. The van der Waals surface area contributed by atoms with Crippen molar-refractivity contribution in [2.24, 2.45) is 0 Å². The molecule has 3 aromatic carbocycles. The molecule has 196 valence electrons. The van der Waals surface area contributed by atoms with E-state index < -0.39 is 0 Å². The molecule has 0 bridgehead atoms. The molecule has 0 nitrogen and oxygen atoms in total. The molecule has 0 aliphatic heterocycles. The second kappa shape index (κ2) is 11.2. The van der Waals surface area contributed by atoms with Crippen molar-refractivity contribution in [3.05, 3.63) is 104 Å². The lowest BCUT2D eigenvalue weighted by molar-refractivity contribution is 0.440. The van der Waals surface area contributed by atoms with Crippen LogP contribution in [0.15, 0.2) is 42.5 Å². The van der Waals surface area contributed by atoms with Crippen LogP contribution in [0.25, 0.3) is 0 Å². The van der Waals surface area contributed by atoms with Crippen LogP contribution in [0.2, 0.25) is 0 Å². The Balaban J connectivity index is 1.73. The quantitative estimate of drug-likeness (QED) is 0.311. The fourth-order valence-corrected chi connectivity index (χ4v) is 8.08. The average Bonchev–Trinajstić information content (AvgIpc) is 2.88. The van der Waals surface area contributed by atoms with Gasteiger partial charge in [0.1, 0.15) is 0 Å². The maximum absolute atomic E-state index is 2.65. The Morgan fingerprint density at radius 2 is 1.22 bits per heavy atom. The largest absolute Gasteiger partial charge is 0.0617 e. The van der Waals surface area contributed by atoms with E-state index in [2.05, 4.69) is 84.0 Å². The van der Waals surface area contributed by atoms with Crippen LogP contribution in [0, 0.1) is 41.5 Å². The van der Waals surface area contributed by atoms with Crippen molar-refractivity contribution in [1.82, 2.24) is 0 Å². The summed E-state index contributed by atoms with van der Waals surface area (Å²) in [6.45, 7) is 14.1. The molecule has 0 heteroatoms. The van der Waals surface area contributed by atoms with Crippen LogP contribution in [0.1, 0.15) is 143 Å².